The van der Waals surface area contributed by atoms with Gasteiger partial charge in [0.15, 0.2) is 0 Å². The molecule has 1 aromatic carbocycles. The maximum Gasteiger partial charge on any atom is 0.138 e. The summed E-state index contributed by atoms with van der Waals surface area (Å²) in [5.74, 6) is 1.74. The van der Waals surface area contributed by atoms with Gasteiger partial charge in [0.05, 0.1) is 6.04 Å². The molecule has 0 aliphatic carbocycles. The van der Waals surface area contributed by atoms with Crippen LogP contribution >= 0.6 is 15.9 Å². The highest BCUT2D eigenvalue weighted by molar-refractivity contribution is 9.10. The molecule has 6 heteroatoms. The average molecular weight is 334 g/mol. The van der Waals surface area contributed by atoms with Crippen LogP contribution < -0.4 is 15.5 Å². The van der Waals surface area contributed by atoms with Gasteiger partial charge in [-0.25, -0.2) is 9.97 Å². The van der Waals surface area contributed by atoms with E-state index in [9.17, 15) is 0 Å². The number of hydrogen-bond donors (Lipinski definition) is 2. The molecule has 1 fully saturated rings. The van der Waals surface area contributed by atoms with Crippen molar-refractivity contribution in [1.29, 1.82) is 0 Å². The van der Waals surface area contributed by atoms with Crippen LogP contribution in [0.1, 0.15) is 0 Å². The molecule has 0 radical (unpaired) electrons. The van der Waals surface area contributed by atoms with E-state index in [0.717, 1.165) is 34.9 Å². The highest BCUT2D eigenvalue weighted by Crippen LogP contribution is 2.24. The SMILES string of the molecule is CN(c1ccc(Br)cc1)c1cc(NC2CNC2)ncn1. The summed E-state index contributed by atoms with van der Waals surface area (Å²) >= 11 is 3.44. The van der Waals surface area contributed by atoms with E-state index in [2.05, 4.69) is 48.7 Å². The lowest BCUT2D eigenvalue weighted by Crippen LogP contribution is -2.51. The van der Waals surface area contributed by atoms with Crippen LogP contribution in [0.3, 0.4) is 0 Å². The van der Waals surface area contributed by atoms with Gasteiger partial charge in [0.25, 0.3) is 0 Å². The number of rotatable bonds is 4. The molecular weight excluding hydrogens is 318 g/mol. The monoisotopic (exact) mass is 333 g/mol. The lowest BCUT2D eigenvalue weighted by Gasteiger charge is -2.28. The molecule has 1 saturated heterocycles. The van der Waals surface area contributed by atoms with E-state index >= 15 is 0 Å². The fourth-order valence-electron chi connectivity index (χ4n) is 2.01. The third-order valence-electron chi connectivity index (χ3n) is 3.34. The molecule has 0 unspecified atom stereocenters. The molecule has 0 spiro atoms. The van der Waals surface area contributed by atoms with Gasteiger partial charge in [-0.05, 0) is 24.3 Å². The van der Waals surface area contributed by atoms with Gasteiger partial charge in [-0.1, -0.05) is 15.9 Å². The van der Waals surface area contributed by atoms with Crippen LogP contribution in [0.2, 0.25) is 0 Å². The van der Waals surface area contributed by atoms with E-state index in [-0.39, 0.29) is 0 Å². The van der Waals surface area contributed by atoms with Crippen molar-refractivity contribution < 1.29 is 0 Å². The van der Waals surface area contributed by atoms with E-state index in [1.54, 1.807) is 6.33 Å². The summed E-state index contributed by atoms with van der Waals surface area (Å²) in [6.45, 7) is 1.98. The minimum atomic E-state index is 0.468. The maximum absolute atomic E-state index is 4.34. The normalized spacial score (nSPS) is 14.7. The van der Waals surface area contributed by atoms with Crippen molar-refractivity contribution in [2.75, 3.05) is 30.4 Å². The van der Waals surface area contributed by atoms with Gasteiger partial charge < -0.3 is 15.5 Å². The van der Waals surface area contributed by atoms with E-state index in [0.29, 0.717) is 6.04 Å². The molecule has 1 aliphatic rings. The first kappa shape index (κ1) is 13.3. The van der Waals surface area contributed by atoms with E-state index in [1.165, 1.54) is 0 Å². The van der Waals surface area contributed by atoms with E-state index in [4.69, 9.17) is 0 Å². The largest absolute Gasteiger partial charge is 0.365 e. The van der Waals surface area contributed by atoms with Crippen molar-refractivity contribution in [2.45, 2.75) is 6.04 Å². The van der Waals surface area contributed by atoms with Crippen molar-refractivity contribution in [1.82, 2.24) is 15.3 Å². The number of halogens is 1. The fourth-order valence-corrected chi connectivity index (χ4v) is 2.27. The number of nitrogens with one attached hydrogen (secondary N) is 2. The molecule has 1 aromatic heterocycles. The van der Waals surface area contributed by atoms with Crippen molar-refractivity contribution in [2.24, 2.45) is 0 Å². The Labute approximate surface area is 126 Å². The summed E-state index contributed by atoms with van der Waals surface area (Å²) in [6, 6.07) is 10.6. The van der Waals surface area contributed by atoms with Gasteiger partial charge in [-0.3, -0.25) is 0 Å². The summed E-state index contributed by atoms with van der Waals surface area (Å²) in [4.78, 5) is 10.6. The van der Waals surface area contributed by atoms with Gasteiger partial charge in [0.2, 0.25) is 0 Å². The quantitative estimate of drug-likeness (QED) is 0.899. The molecule has 0 amide bonds. The molecule has 104 valence electrons. The average Bonchev–Trinajstić information content (AvgIpc) is 2.43. The van der Waals surface area contributed by atoms with Gasteiger partial charge in [-0.2, -0.15) is 0 Å². The Morgan fingerprint density at radius 1 is 1.25 bits per heavy atom. The van der Waals surface area contributed by atoms with Gasteiger partial charge in [0, 0.05) is 36.4 Å². The first-order valence-electron chi connectivity index (χ1n) is 6.51. The molecule has 2 heterocycles. The van der Waals surface area contributed by atoms with Crippen LogP contribution in [-0.2, 0) is 0 Å². The molecule has 1 aliphatic heterocycles. The number of hydrogen-bond acceptors (Lipinski definition) is 5. The molecule has 20 heavy (non-hydrogen) atoms. The third kappa shape index (κ3) is 2.91. The van der Waals surface area contributed by atoms with Crippen LogP contribution in [0, 0.1) is 0 Å². The van der Waals surface area contributed by atoms with Crippen LogP contribution in [0.4, 0.5) is 17.3 Å². The predicted octanol–water partition coefficient (Wildman–Crippen LogP) is 2.39. The molecule has 5 nitrogen and oxygen atoms in total. The summed E-state index contributed by atoms with van der Waals surface area (Å²) in [6.07, 6.45) is 1.60. The highest BCUT2D eigenvalue weighted by atomic mass is 79.9. The molecule has 2 N–H and O–H groups in total. The van der Waals surface area contributed by atoms with Crippen LogP contribution in [0.15, 0.2) is 41.1 Å². The zero-order valence-corrected chi connectivity index (χ0v) is 12.8. The Morgan fingerprint density at radius 2 is 2.00 bits per heavy atom. The van der Waals surface area contributed by atoms with Crippen molar-refractivity contribution >= 4 is 33.3 Å². The zero-order chi connectivity index (χ0) is 13.9. The molecule has 0 saturated carbocycles. The third-order valence-corrected chi connectivity index (χ3v) is 3.87. The van der Waals surface area contributed by atoms with Crippen molar-refractivity contribution in [3.8, 4) is 0 Å². The summed E-state index contributed by atoms with van der Waals surface area (Å²) < 4.78 is 1.07. The second-order valence-corrected chi connectivity index (χ2v) is 5.71. The summed E-state index contributed by atoms with van der Waals surface area (Å²) in [7, 11) is 2.00. The van der Waals surface area contributed by atoms with Gasteiger partial charge in [-0.15, -0.1) is 0 Å². The highest BCUT2D eigenvalue weighted by Gasteiger charge is 2.17. The molecule has 0 atom stereocenters. The number of benzene rings is 1. The predicted molar refractivity (Wildman–Crippen MR) is 84.5 cm³/mol. The number of aromatic nitrogens is 2. The lowest BCUT2D eigenvalue weighted by atomic mass is 10.2. The zero-order valence-electron chi connectivity index (χ0n) is 11.2. The Kier molecular flexibility index (Phi) is 3.84. The Bertz CT molecular complexity index is 582. The van der Waals surface area contributed by atoms with Crippen LogP contribution in [0.5, 0.6) is 0 Å². The smallest absolute Gasteiger partial charge is 0.138 e. The molecular formula is C14H16BrN5. The van der Waals surface area contributed by atoms with Crippen molar-refractivity contribution in [3.05, 3.63) is 41.1 Å². The lowest BCUT2D eigenvalue weighted by molar-refractivity contribution is 0.471. The molecule has 2 aromatic rings. The standard InChI is InChI=1S/C14H16BrN5/c1-20(12-4-2-10(15)3-5-12)14-6-13(17-9-18-14)19-11-7-16-8-11/h2-6,9,11,16H,7-8H2,1H3,(H,17,18,19). The van der Waals surface area contributed by atoms with Crippen molar-refractivity contribution in [3.63, 3.8) is 0 Å². The topological polar surface area (TPSA) is 53.1 Å². The summed E-state index contributed by atoms with van der Waals surface area (Å²) in [5.41, 5.74) is 1.09. The van der Waals surface area contributed by atoms with E-state index < -0.39 is 0 Å². The first-order chi connectivity index (χ1) is 9.72. The number of nitrogens with zero attached hydrogens (tertiary/aromatic N) is 3. The first-order valence-corrected chi connectivity index (χ1v) is 7.30. The fraction of sp³-hybridized carbons (Fsp3) is 0.286. The Balaban J connectivity index is 1.78. The van der Waals surface area contributed by atoms with Crippen LogP contribution in [-0.4, -0.2) is 36.1 Å². The molecule has 0 bridgehead atoms. The second-order valence-electron chi connectivity index (χ2n) is 4.80. The number of anilines is 3. The minimum absolute atomic E-state index is 0.468. The van der Waals surface area contributed by atoms with Gasteiger partial charge >= 0.3 is 0 Å². The summed E-state index contributed by atoms with van der Waals surface area (Å²) in [5, 5.41) is 6.62. The molecule has 3 rings (SSSR count). The Morgan fingerprint density at radius 3 is 2.65 bits per heavy atom. The van der Waals surface area contributed by atoms with E-state index in [1.807, 2.05) is 30.1 Å². The Hall–Kier alpha value is -1.66. The maximum atomic E-state index is 4.34. The van der Waals surface area contributed by atoms with Gasteiger partial charge in [0.1, 0.15) is 18.0 Å². The minimum Gasteiger partial charge on any atom is -0.365 e. The second kappa shape index (κ2) is 5.76. The van der Waals surface area contributed by atoms with Crippen LogP contribution in [0.25, 0.3) is 0 Å².